The number of carbonyl (C=O) groups is 1. The van der Waals surface area contributed by atoms with Crippen molar-refractivity contribution in [1.82, 2.24) is 4.57 Å². The number of benzene rings is 2. The van der Waals surface area contributed by atoms with Gasteiger partial charge in [-0.2, -0.15) is 10.1 Å². The van der Waals surface area contributed by atoms with Gasteiger partial charge in [-0.15, -0.1) is 0 Å². The second-order valence-corrected chi connectivity index (χ2v) is 9.26. The van der Waals surface area contributed by atoms with E-state index in [2.05, 4.69) is 5.10 Å². The van der Waals surface area contributed by atoms with Crippen LogP contribution in [-0.4, -0.2) is 24.6 Å². The Labute approximate surface area is 189 Å². The predicted molar refractivity (Wildman–Crippen MR) is 122 cm³/mol. The lowest BCUT2D eigenvalue weighted by atomic mass is 10.1. The average molecular weight is 475 g/mol. The summed E-state index contributed by atoms with van der Waals surface area (Å²) < 4.78 is 24.8. The molecule has 3 aromatic rings. The highest BCUT2D eigenvalue weighted by molar-refractivity contribution is 7.89. The minimum absolute atomic E-state index is 0.0214. The molecule has 1 aliphatic heterocycles. The largest absolute Gasteiger partial charge is 0.317 e. The Morgan fingerprint density at radius 2 is 1.65 bits per heavy atom. The maximum Gasteiger partial charge on any atom is 0.280 e. The summed E-state index contributed by atoms with van der Waals surface area (Å²) >= 11 is 12.1. The Hall–Kier alpha value is -2.91. The maximum atomic E-state index is 13.0. The SMILES string of the molecule is CC1=NN(c2cc(Cl)cc(Cl)c2)C(=O)/C1=C/c1cccn1-c1ccc(S(N)(=O)=O)cc1. The summed E-state index contributed by atoms with van der Waals surface area (Å²) in [5.74, 6) is -0.312. The molecule has 0 bridgehead atoms. The molecule has 1 aromatic heterocycles. The van der Waals surface area contributed by atoms with Crippen molar-refractivity contribution in [2.24, 2.45) is 10.2 Å². The van der Waals surface area contributed by atoms with Gasteiger partial charge < -0.3 is 4.57 Å². The van der Waals surface area contributed by atoms with Gasteiger partial charge >= 0.3 is 0 Å². The third-order valence-corrected chi connectivity index (χ3v) is 6.04. The Morgan fingerprint density at radius 1 is 1.00 bits per heavy atom. The Balaban J connectivity index is 1.68. The Kier molecular flexibility index (Phi) is 5.49. The minimum Gasteiger partial charge on any atom is -0.317 e. The number of sulfonamides is 1. The molecule has 2 N–H and O–H groups in total. The zero-order valence-corrected chi connectivity index (χ0v) is 18.5. The van der Waals surface area contributed by atoms with E-state index in [1.54, 1.807) is 49.5 Å². The molecule has 1 amide bonds. The average Bonchev–Trinajstić information content (AvgIpc) is 3.27. The van der Waals surface area contributed by atoms with Gasteiger partial charge in [0.1, 0.15) is 0 Å². The maximum absolute atomic E-state index is 13.0. The van der Waals surface area contributed by atoms with E-state index in [1.807, 2.05) is 16.7 Å². The van der Waals surface area contributed by atoms with Gasteiger partial charge in [-0.25, -0.2) is 13.6 Å². The second-order valence-electron chi connectivity index (χ2n) is 6.83. The van der Waals surface area contributed by atoms with Gasteiger partial charge in [0.05, 0.1) is 21.9 Å². The number of hydrogen-bond donors (Lipinski definition) is 1. The molecule has 2 aromatic carbocycles. The van der Waals surface area contributed by atoms with Gasteiger partial charge in [-0.3, -0.25) is 4.79 Å². The molecular weight excluding hydrogens is 459 g/mol. The molecule has 4 rings (SSSR count). The van der Waals surface area contributed by atoms with Crippen LogP contribution in [0, 0.1) is 0 Å². The van der Waals surface area contributed by atoms with Crippen molar-refractivity contribution in [3.8, 4) is 5.69 Å². The number of amides is 1. The van der Waals surface area contributed by atoms with E-state index in [0.717, 1.165) is 0 Å². The van der Waals surface area contributed by atoms with Gasteiger partial charge in [0.25, 0.3) is 5.91 Å². The van der Waals surface area contributed by atoms with E-state index in [1.165, 1.54) is 17.1 Å². The number of anilines is 1. The van der Waals surface area contributed by atoms with Crippen LogP contribution < -0.4 is 10.1 Å². The molecule has 7 nitrogen and oxygen atoms in total. The predicted octanol–water partition coefficient (Wildman–Crippen LogP) is 4.24. The highest BCUT2D eigenvalue weighted by atomic mass is 35.5. The van der Waals surface area contributed by atoms with Crippen molar-refractivity contribution in [2.75, 3.05) is 5.01 Å². The fraction of sp³-hybridized carbons (Fsp3) is 0.0476. The molecule has 2 heterocycles. The smallest absolute Gasteiger partial charge is 0.280 e. The molecule has 0 radical (unpaired) electrons. The zero-order valence-electron chi connectivity index (χ0n) is 16.2. The third-order valence-electron chi connectivity index (χ3n) is 4.67. The topological polar surface area (TPSA) is 97.8 Å². The van der Waals surface area contributed by atoms with Crippen LogP contribution in [0.2, 0.25) is 10.0 Å². The molecule has 0 unspecified atom stereocenters. The molecule has 0 spiro atoms. The lowest BCUT2D eigenvalue weighted by Crippen LogP contribution is -2.21. The fourth-order valence-electron chi connectivity index (χ4n) is 3.21. The lowest BCUT2D eigenvalue weighted by molar-refractivity contribution is -0.114. The standard InChI is InChI=1S/C21H16Cl2N4O3S/c1-13-20(21(28)27(25-13)18-10-14(22)9-15(23)11-18)12-17-3-2-8-26(17)16-4-6-19(7-5-16)31(24,29)30/h2-12H,1H3,(H2,24,29,30)/b20-12+. The molecule has 0 aliphatic carbocycles. The second kappa shape index (κ2) is 7.97. The highest BCUT2D eigenvalue weighted by Crippen LogP contribution is 2.30. The highest BCUT2D eigenvalue weighted by Gasteiger charge is 2.29. The minimum atomic E-state index is -3.78. The van der Waals surface area contributed by atoms with Gasteiger partial charge in [0, 0.05) is 27.6 Å². The van der Waals surface area contributed by atoms with Gasteiger partial charge in [0.2, 0.25) is 10.0 Å². The quantitative estimate of drug-likeness (QED) is 0.572. The summed E-state index contributed by atoms with van der Waals surface area (Å²) in [6, 6.07) is 14.6. The summed E-state index contributed by atoms with van der Waals surface area (Å²) in [6.45, 7) is 1.74. The van der Waals surface area contributed by atoms with Crippen LogP contribution in [-0.2, 0) is 14.8 Å². The molecule has 0 atom stereocenters. The molecule has 0 saturated carbocycles. The summed E-state index contributed by atoms with van der Waals surface area (Å²) in [5.41, 5.74) is 2.85. The summed E-state index contributed by atoms with van der Waals surface area (Å²) in [7, 11) is -3.78. The molecule has 0 fully saturated rings. The number of rotatable bonds is 4. The number of aromatic nitrogens is 1. The summed E-state index contributed by atoms with van der Waals surface area (Å²) in [6.07, 6.45) is 3.53. The zero-order chi connectivity index (χ0) is 22.3. The molecular formula is C21H16Cl2N4O3S. The van der Waals surface area contributed by atoms with E-state index in [9.17, 15) is 13.2 Å². The van der Waals surface area contributed by atoms with Crippen molar-refractivity contribution in [2.45, 2.75) is 11.8 Å². The van der Waals surface area contributed by atoms with E-state index < -0.39 is 10.0 Å². The van der Waals surface area contributed by atoms with Crippen LogP contribution in [0.25, 0.3) is 11.8 Å². The summed E-state index contributed by atoms with van der Waals surface area (Å²) in [4.78, 5) is 13.1. The van der Waals surface area contributed by atoms with Crippen molar-refractivity contribution >= 4 is 56.6 Å². The van der Waals surface area contributed by atoms with E-state index in [4.69, 9.17) is 28.3 Å². The third kappa shape index (κ3) is 4.28. The van der Waals surface area contributed by atoms with E-state index >= 15 is 0 Å². The van der Waals surface area contributed by atoms with Crippen LogP contribution in [0.1, 0.15) is 12.6 Å². The molecule has 1 aliphatic rings. The van der Waals surface area contributed by atoms with E-state index in [0.29, 0.717) is 38.4 Å². The first-order valence-electron chi connectivity index (χ1n) is 9.02. The van der Waals surface area contributed by atoms with Crippen LogP contribution in [0.5, 0.6) is 0 Å². The van der Waals surface area contributed by atoms with Crippen LogP contribution in [0.15, 0.2) is 76.4 Å². The first-order valence-corrected chi connectivity index (χ1v) is 11.3. The normalized spacial score (nSPS) is 15.6. The summed E-state index contributed by atoms with van der Waals surface area (Å²) in [5, 5.41) is 11.6. The first-order chi connectivity index (χ1) is 14.6. The molecule has 31 heavy (non-hydrogen) atoms. The number of primary sulfonamides is 1. The Morgan fingerprint density at radius 3 is 2.26 bits per heavy atom. The monoisotopic (exact) mass is 474 g/mol. The van der Waals surface area contributed by atoms with Gasteiger partial charge in [-0.05, 0) is 67.6 Å². The number of nitrogens with two attached hydrogens (primary N) is 1. The molecule has 10 heteroatoms. The fourth-order valence-corrected chi connectivity index (χ4v) is 4.24. The number of hydrazone groups is 1. The van der Waals surface area contributed by atoms with Crippen LogP contribution in [0.4, 0.5) is 5.69 Å². The number of hydrogen-bond acceptors (Lipinski definition) is 4. The van der Waals surface area contributed by atoms with Gasteiger partial charge in [0.15, 0.2) is 0 Å². The van der Waals surface area contributed by atoms with Crippen molar-refractivity contribution in [1.29, 1.82) is 0 Å². The lowest BCUT2D eigenvalue weighted by Gasteiger charge is -2.12. The van der Waals surface area contributed by atoms with Crippen molar-refractivity contribution < 1.29 is 13.2 Å². The number of nitrogens with zero attached hydrogens (tertiary/aromatic N) is 3. The van der Waals surface area contributed by atoms with Crippen LogP contribution in [0.3, 0.4) is 0 Å². The van der Waals surface area contributed by atoms with Crippen molar-refractivity contribution in [3.63, 3.8) is 0 Å². The van der Waals surface area contributed by atoms with E-state index in [-0.39, 0.29) is 10.8 Å². The Bertz CT molecular complexity index is 1340. The molecule has 0 saturated heterocycles. The van der Waals surface area contributed by atoms with Gasteiger partial charge in [-0.1, -0.05) is 23.2 Å². The first kappa shape index (κ1) is 21.3. The number of halogens is 2. The molecule has 158 valence electrons. The number of carbonyl (C=O) groups excluding carboxylic acids is 1. The van der Waals surface area contributed by atoms with Crippen LogP contribution >= 0.6 is 23.2 Å². The van der Waals surface area contributed by atoms with Crippen molar-refractivity contribution in [3.05, 3.63) is 82.1 Å².